The smallest absolute Gasteiger partial charge is 0.278 e. The van der Waals surface area contributed by atoms with Gasteiger partial charge >= 0.3 is 0 Å². The summed E-state index contributed by atoms with van der Waals surface area (Å²) in [6.45, 7) is 0.0288. The van der Waals surface area contributed by atoms with Gasteiger partial charge in [0.25, 0.3) is 5.69 Å². The van der Waals surface area contributed by atoms with Gasteiger partial charge in [-0.25, -0.2) is 4.39 Å². The van der Waals surface area contributed by atoms with Crippen molar-refractivity contribution in [3.05, 3.63) is 40.7 Å². The molecule has 1 aliphatic rings. The van der Waals surface area contributed by atoms with Gasteiger partial charge in [0.05, 0.1) is 23.5 Å². The fourth-order valence-corrected chi connectivity index (χ4v) is 2.76. The van der Waals surface area contributed by atoms with Crippen molar-refractivity contribution in [3.63, 3.8) is 0 Å². The number of fused-ring (bicyclic) bond motifs is 1. The molecular weight excluding hydrogens is 277 g/mol. The second-order valence-corrected chi connectivity index (χ2v) is 5.26. The Morgan fingerprint density at radius 2 is 2.24 bits per heavy atom. The number of nitrogens with zero attached hydrogens (tertiary/aromatic N) is 3. The van der Waals surface area contributed by atoms with Gasteiger partial charge in [0.1, 0.15) is 0 Å². The highest BCUT2D eigenvalue weighted by molar-refractivity contribution is 5.99. The van der Waals surface area contributed by atoms with E-state index in [2.05, 4.69) is 4.98 Å². The maximum atomic E-state index is 14.2. The summed E-state index contributed by atoms with van der Waals surface area (Å²) in [6, 6.07) is 4.73. The van der Waals surface area contributed by atoms with Crippen LogP contribution in [0.25, 0.3) is 10.8 Å². The molecule has 1 atom stereocenters. The molecule has 0 spiro atoms. The lowest BCUT2D eigenvalue weighted by Gasteiger charge is -2.22. The van der Waals surface area contributed by atoms with Gasteiger partial charge < -0.3 is 10.0 Å². The van der Waals surface area contributed by atoms with Crippen LogP contribution in [0.3, 0.4) is 0 Å². The Kier molecular flexibility index (Phi) is 3.21. The number of benzene rings is 1. The number of hydrogen-bond donors (Lipinski definition) is 1. The molecule has 1 N–H and O–H groups in total. The summed E-state index contributed by atoms with van der Waals surface area (Å²) in [4.78, 5) is 16.4. The first-order valence-corrected chi connectivity index (χ1v) is 6.60. The standard InChI is InChI=1S/C14H14FN3O3/c15-14(9-19)4-6-17(8-14)12-1-2-13(18(20)21)11-7-16-5-3-10(11)12/h1-3,5,7,19H,4,6,8-9H2. The molecule has 2 aromatic rings. The summed E-state index contributed by atoms with van der Waals surface area (Å²) in [5.74, 6) is 0. The second kappa shape index (κ2) is 4.92. The Labute approximate surface area is 120 Å². The maximum absolute atomic E-state index is 14.2. The molecule has 0 amide bonds. The van der Waals surface area contributed by atoms with E-state index in [4.69, 9.17) is 5.11 Å². The number of aromatic nitrogens is 1. The molecule has 6 nitrogen and oxygen atoms in total. The number of nitro benzene ring substituents is 1. The Bertz CT molecular complexity index is 709. The van der Waals surface area contributed by atoms with Crippen LogP contribution in [0.15, 0.2) is 30.6 Å². The molecule has 1 aromatic heterocycles. The Morgan fingerprint density at radius 1 is 1.43 bits per heavy atom. The van der Waals surface area contributed by atoms with Crippen LogP contribution in [-0.4, -0.2) is 40.4 Å². The fourth-order valence-electron chi connectivity index (χ4n) is 2.76. The van der Waals surface area contributed by atoms with Crippen molar-refractivity contribution in [2.75, 3.05) is 24.6 Å². The van der Waals surface area contributed by atoms with Gasteiger partial charge in [-0.3, -0.25) is 15.1 Å². The average Bonchev–Trinajstić information content (AvgIpc) is 2.89. The minimum atomic E-state index is -1.61. The minimum Gasteiger partial charge on any atom is -0.393 e. The number of halogens is 1. The van der Waals surface area contributed by atoms with E-state index in [-0.39, 0.29) is 18.7 Å². The number of rotatable bonds is 3. The maximum Gasteiger partial charge on any atom is 0.278 e. The van der Waals surface area contributed by atoms with Crippen LogP contribution in [0.1, 0.15) is 6.42 Å². The van der Waals surface area contributed by atoms with Gasteiger partial charge in [-0.2, -0.15) is 0 Å². The molecule has 1 fully saturated rings. The summed E-state index contributed by atoms with van der Waals surface area (Å²) in [7, 11) is 0. The fraction of sp³-hybridized carbons (Fsp3) is 0.357. The van der Waals surface area contributed by atoms with Crippen molar-refractivity contribution in [2.24, 2.45) is 0 Å². The number of anilines is 1. The summed E-state index contributed by atoms with van der Waals surface area (Å²) in [6.07, 6.45) is 3.25. The van der Waals surface area contributed by atoms with Crippen LogP contribution >= 0.6 is 0 Å². The van der Waals surface area contributed by atoms with Gasteiger partial charge in [0, 0.05) is 42.5 Å². The molecule has 110 valence electrons. The van der Waals surface area contributed by atoms with Gasteiger partial charge in [0.15, 0.2) is 5.67 Å². The third-order valence-electron chi connectivity index (χ3n) is 3.90. The number of hydrogen-bond acceptors (Lipinski definition) is 5. The van der Waals surface area contributed by atoms with Crippen molar-refractivity contribution >= 4 is 22.1 Å². The quantitative estimate of drug-likeness (QED) is 0.691. The molecular formula is C14H14FN3O3. The van der Waals surface area contributed by atoms with E-state index in [1.54, 1.807) is 18.3 Å². The number of aliphatic hydroxyl groups excluding tert-OH is 1. The van der Waals surface area contributed by atoms with Crippen molar-refractivity contribution in [3.8, 4) is 0 Å². The zero-order valence-corrected chi connectivity index (χ0v) is 11.2. The monoisotopic (exact) mass is 291 g/mol. The highest BCUT2D eigenvalue weighted by atomic mass is 19.1. The summed E-state index contributed by atoms with van der Waals surface area (Å²) < 4.78 is 14.2. The molecule has 0 saturated carbocycles. The SMILES string of the molecule is O=[N+]([O-])c1ccc(N2CCC(F)(CO)C2)c2ccncc12. The van der Waals surface area contributed by atoms with E-state index in [0.29, 0.717) is 17.3 Å². The molecule has 1 aliphatic heterocycles. The third kappa shape index (κ3) is 2.29. The number of pyridine rings is 1. The summed E-state index contributed by atoms with van der Waals surface area (Å²) in [5.41, 5.74) is -0.901. The average molecular weight is 291 g/mol. The van der Waals surface area contributed by atoms with Crippen LogP contribution in [0.4, 0.5) is 15.8 Å². The molecule has 1 unspecified atom stereocenters. The van der Waals surface area contributed by atoms with Gasteiger partial charge in [0.2, 0.25) is 0 Å². The van der Waals surface area contributed by atoms with Crippen molar-refractivity contribution in [1.82, 2.24) is 4.98 Å². The van der Waals surface area contributed by atoms with E-state index in [1.165, 1.54) is 12.3 Å². The Morgan fingerprint density at radius 3 is 2.90 bits per heavy atom. The van der Waals surface area contributed by atoms with E-state index in [1.807, 2.05) is 4.90 Å². The molecule has 21 heavy (non-hydrogen) atoms. The lowest BCUT2D eigenvalue weighted by Crippen LogP contribution is -2.32. The topological polar surface area (TPSA) is 79.5 Å². The lowest BCUT2D eigenvalue weighted by molar-refractivity contribution is -0.383. The molecule has 1 saturated heterocycles. The molecule has 3 rings (SSSR count). The van der Waals surface area contributed by atoms with Crippen molar-refractivity contribution in [1.29, 1.82) is 0 Å². The first kappa shape index (κ1) is 13.7. The molecule has 1 aromatic carbocycles. The lowest BCUT2D eigenvalue weighted by atomic mass is 10.1. The first-order chi connectivity index (χ1) is 10.0. The van der Waals surface area contributed by atoms with Crippen LogP contribution in [0, 0.1) is 10.1 Å². The zero-order chi connectivity index (χ0) is 15.0. The largest absolute Gasteiger partial charge is 0.393 e. The molecule has 0 radical (unpaired) electrons. The van der Waals surface area contributed by atoms with Gasteiger partial charge in [-0.1, -0.05) is 0 Å². The predicted molar refractivity (Wildman–Crippen MR) is 76.2 cm³/mol. The van der Waals surface area contributed by atoms with Gasteiger partial charge in [-0.05, 0) is 12.1 Å². The predicted octanol–water partition coefficient (Wildman–Crippen LogP) is 2.05. The highest BCUT2D eigenvalue weighted by Crippen LogP contribution is 2.36. The Hall–Kier alpha value is -2.28. The van der Waals surface area contributed by atoms with Gasteiger partial charge in [-0.15, -0.1) is 0 Å². The normalized spacial score (nSPS) is 21.9. The minimum absolute atomic E-state index is 0.0188. The van der Waals surface area contributed by atoms with E-state index in [9.17, 15) is 14.5 Å². The van der Waals surface area contributed by atoms with E-state index >= 15 is 0 Å². The number of aliphatic hydroxyl groups is 1. The van der Waals surface area contributed by atoms with Crippen molar-refractivity contribution in [2.45, 2.75) is 12.1 Å². The van der Waals surface area contributed by atoms with E-state index < -0.39 is 17.2 Å². The Balaban J connectivity index is 2.09. The third-order valence-corrected chi connectivity index (χ3v) is 3.90. The molecule has 2 heterocycles. The number of alkyl halides is 1. The zero-order valence-electron chi connectivity index (χ0n) is 11.2. The number of non-ortho nitro benzene ring substituents is 1. The van der Waals surface area contributed by atoms with Crippen LogP contribution in [-0.2, 0) is 0 Å². The molecule has 0 aliphatic carbocycles. The molecule has 0 bridgehead atoms. The highest BCUT2D eigenvalue weighted by Gasteiger charge is 2.38. The first-order valence-electron chi connectivity index (χ1n) is 6.60. The van der Waals surface area contributed by atoms with Crippen LogP contribution in [0.2, 0.25) is 0 Å². The summed E-state index contributed by atoms with van der Waals surface area (Å²) >= 11 is 0. The van der Waals surface area contributed by atoms with Crippen LogP contribution in [0.5, 0.6) is 0 Å². The van der Waals surface area contributed by atoms with Crippen molar-refractivity contribution < 1.29 is 14.4 Å². The molecule has 7 heteroatoms. The number of nitro groups is 1. The van der Waals surface area contributed by atoms with E-state index in [0.717, 1.165) is 5.69 Å². The summed E-state index contributed by atoms with van der Waals surface area (Å²) in [5, 5.41) is 21.3. The van der Waals surface area contributed by atoms with Crippen LogP contribution < -0.4 is 4.90 Å². The second-order valence-electron chi connectivity index (χ2n) is 5.26.